The number of hydrogen-bond acceptors (Lipinski definition) is 2. The molecule has 0 radical (unpaired) electrons. The molecule has 4 heteroatoms. The van der Waals surface area contributed by atoms with Crippen LogP contribution in [0.4, 0.5) is 4.39 Å². The van der Waals surface area contributed by atoms with Crippen LogP contribution >= 0.6 is 0 Å². The molecule has 92 valence electrons. The Morgan fingerprint density at radius 2 is 1.79 bits per heavy atom. The second-order valence-corrected chi connectivity index (χ2v) is 4.15. The van der Waals surface area contributed by atoms with Crippen LogP contribution < -0.4 is 56.5 Å². The molecule has 19 heavy (non-hydrogen) atoms. The first kappa shape index (κ1) is 16.5. The number of benzene rings is 2. The van der Waals surface area contributed by atoms with Crippen LogP contribution in [0.2, 0.25) is 0 Å². The molecular formula is C15H12FKO2. The van der Waals surface area contributed by atoms with Gasteiger partial charge in [0.05, 0.1) is 0 Å². The van der Waals surface area contributed by atoms with Gasteiger partial charge in [-0.05, 0) is 17.2 Å². The van der Waals surface area contributed by atoms with Gasteiger partial charge in [-0.1, -0.05) is 49.4 Å². The summed E-state index contributed by atoms with van der Waals surface area (Å²) in [5.41, 5.74) is 1.64. The Bertz CT molecular complexity index is 570. The van der Waals surface area contributed by atoms with E-state index in [0.717, 1.165) is 5.56 Å². The second-order valence-electron chi connectivity index (χ2n) is 4.15. The largest absolute Gasteiger partial charge is 1.00 e. The van der Waals surface area contributed by atoms with Crippen molar-refractivity contribution < 1.29 is 65.7 Å². The molecule has 1 atom stereocenters. The van der Waals surface area contributed by atoms with Crippen LogP contribution in [0.25, 0.3) is 11.1 Å². The van der Waals surface area contributed by atoms with E-state index in [2.05, 4.69) is 0 Å². The van der Waals surface area contributed by atoms with E-state index in [1.165, 1.54) is 13.0 Å². The molecule has 0 aromatic heterocycles. The molecule has 0 saturated carbocycles. The molecule has 0 aliphatic heterocycles. The zero-order chi connectivity index (χ0) is 13.1. The number of carbonyl (C=O) groups is 1. The molecule has 2 aromatic carbocycles. The van der Waals surface area contributed by atoms with Gasteiger partial charge in [-0.3, -0.25) is 0 Å². The van der Waals surface area contributed by atoms with Gasteiger partial charge in [-0.25, -0.2) is 4.39 Å². The number of hydrogen-bond donors (Lipinski definition) is 0. The van der Waals surface area contributed by atoms with Crippen LogP contribution in [0.1, 0.15) is 18.4 Å². The Balaban J connectivity index is 0.00000180. The summed E-state index contributed by atoms with van der Waals surface area (Å²) in [7, 11) is 0. The monoisotopic (exact) mass is 282 g/mol. The van der Waals surface area contributed by atoms with Gasteiger partial charge in [0.1, 0.15) is 5.82 Å². The summed E-state index contributed by atoms with van der Waals surface area (Å²) >= 11 is 0. The van der Waals surface area contributed by atoms with Crippen LogP contribution in [-0.2, 0) is 4.79 Å². The molecule has 0 fully saturated rings. The van der Waals surface area contributed by atoms with Crippen LogP contribution in [0, 0.1) is 5.82 Å². The SMILES string of the molecule is CC(C(=O)[O-])c1ccc(-c2ccccc2)c(F)c1.[K+]. The minimum Gasteiger partial charge on any atom is -0.550 e. The van der Waals surface area contributed by atoms with E-state index in [1.807, 2.05) is 18.2 Å². The van der Waals surface area contributed by atoms with Crippen LogP contribution in [0.15, 0.2) is 48.5 Å². The van der Waals surface area contributed by atoms with E-state index in [-0.39, 0.29) is 51.4 Å². The van der Waals surface area contributed by atoms with Gasteiger partial charge in [0.2, 0.25) is 0 Å². The van der Waals surface area contributed by atoms with Crippen molar-refractivity contribution in [2.45, 2.75) is 12.8 Å². The molecular weight excluding hydrogens is 270 g/mol. The number of carbonyl (C=O) groups excluding carboxylic acids is 1. The Kier molecular flexibility index (Phi) is 6.36. The van der Waals surface area contributed by atoms with Crippen molar-refractivity contribution in [1.82, 2.24) is 0 Å². The maximum Gasteiger partial charge on any atom is 1.00 e. The maximum atomic E-state index is 13.9. The summed E-state index contributed by atoms with van der Waals surface area (Å²) in [6.07, 6.45) is 0. The first-order valence-corrected chi connectivity index (χ1v) is 5.65. The summed E-state index contributed by atoms with van der Waals surface area (Å²) in [6.45, 7) is 1.48. The predicted molar refractivity (Wildman–Crippen MR) is 65.3 cm³/mol. The number of halogens is 1. The van der Waals surface area contributed by atoms with Gasteiger partial charge in [-0.15, -0.1) is 0 Å². The Labute approximate surface area is 154 Å². The molecule has 2 nitrogen and oxygen atoms in total. The molecule has 2 rings (SSSR count). The van der Waals surface area contributed by atoms with Crippen molar-refractivity contribution in [3.8, 4) is 11.1 Å². The van der Waals surface area contributed by atoms with E-state index >= 15 is 0 Å². The van der Waals surface area contributed by atoms with Crippen molar-refractivity contribution in [2.24, 2.45) is 0 Å². The standard InChI is InChI=1S/C15H13FO2.K/c1-10(15(17)18)12-7-8-13(14(16)9-12)11-5-3-2-4-6-11;/h2-10H,1H3,(H,17,18);/q;+1/p-1. The van der Waals surface area contributed by atoms with E-state index in [1.54, 1.807) is 24.3 Å². The summed E-state index contributed by atoms with van der Waals surface area (Å²) in [6, 6.07) is 13.6. The fourth-order valence-corrected chi connectivity index (χ4v) is 1.79. The van der Waals surface area contributed by atoms with Gasteiger partial charge in [0, 0.05) is 17.5 Å². The van der Waals surface area contributed by atoms with Crippen molar-refractivity contribution in [3.63, 3.8) is 0 Å². The first-order chi connectivity index (χ1) is 8.59. The van der Waals surface area contributed by atoms with Crippen LogP contribution in [-0.4, -0.2) is 5.97 Å². The first-order valence-electron chi connectivity index (χ1n) is 5.65. The Morgan fingerprint density at radius 1 is 1.16 bits per heavy atom. The minimum atomic E-state index is -1.21. The van der Waals surface area contributed by atoms with Gasteiger partial charge in [0.25, 0.3) is 0 Å². The fourth-order valence-electron chi connectivity index (χ4n) is 1.79. The molecule has 0 amide bonds. The zero-order valence-electron chi connectivity index (χ0n) is 10.9. The van der Waals surface area contributed by atoms with Crippen molar-refractivity contribution >= 4 is 5.97 Å². The summed E-state index contributed by atoms with van der Waals surface area (Å²) < 4.78 is 13.9. The molecule has 1 unspecified atom stereocenters. The minimum absolute atomic E-state index is 0. The number of aliphatic carboxylic acids is 1. The molecule has 0 aliphatic carbocycles. The average molecular weight is 282 g/mol. The fraction of sp³-hybridized carbons (Fsp3) is 0.133. The maximum absolute atomic E-state index is 13.9. The predicted octanol–water partition coefficient (Wildman–Crippen LogP) is -0.650. The van der Waals surface area contributed by atoms with E-state index in [9.17, 15) is 14.3 Å². The molecule has 0 heterocycles. The molecule has 0 spiro atoms. The third-order valence-corrected chi connectivity index (χ3v) is 2.93. The summed E-state index contributed by atoms with van der Waals surface area (Å²) in [5.74, 6) is -2.45. The topological polar surface area (TPSA) is 40.1 Å². The van der Waals surface area contributed by atoms with E-state index in [4.69, 9.17) is 0 Å². The van der Waals surface area contributed by atoms with Gasteiger partial charge < -0.3 is 9.90 Å². The smallest absolute Gasteiger partial charge is 0.550 e. The molecule has 2 aromatic rings. The average Bonchev–Trinajstić information content (AvgIpc) is 2.38. The van der Waals surface area contributed by atoms with Crippen molar-refractivity contribution in [1.29, 1.82) is 0 Å². The second kappa shape index (κ2) is 7.31. The van der Waals surface area contributed by atoms with E-state index in [0.29, 0.717) is 11.1 Å². The molecule has 0 aliphatic rings. The van der Waals surface area contributed by atoms with E-state index < -0.39 is 17.7 Å². The zero-order valence-corrected chi connectivity index (χ0v) is 14.0. The Hall–Kier alpha value is -0.524. The van der Waals surface area contributed by atoms with Crippen LogP contribution in [0.5, 0.6) is 0 Å². The molecule has 0 N–H and O–H groups in total. The Morgan fingerprint density at radius 3 is 2.32 bits per heavy atom. The summed E-state index contributed by atoms with van der Waals surface area (Å²) in [5, 5.41) is 10.7. The quantitative estimate of drug-likeness (QED) is 0.702. The number of carboxylic acids is 1. The van der Waals surface area contributed by atoms with Crippen molar-refractivity contribution in [2.75, 3.05) is 0 Å². The third-order valence-electron chi connectivity index (χ3n) is 2.93. The van der Waals surface area contributed by atoms with Crippen molar-refractivity contribution in [3.05, 3.63) is 59.9 Å². The molecule has 0 bridgehead atoms. The van der Waals surface area contributed by atoms with Crippen LogP contribution in [0.3, 0.4) is 0 Å². The molecule has 0 saturated heterocycles. The normalized spacial score (nSPS) is 11.5. The van der Waals surface area contributed by atoms with Gasteiger partial charge >= 0.3 is 51.4 Å². The van der Waals surface area contributed by atoms with Gasteiger partial charge in [0.15, 0.2) is 0 Å². The summed E-state index contributed by atoms with van der Waals surface area (Å²) in [4.78, 5) is 10.7. The number of rotatable bonds is 3. The van der Waals surface area contributed by atoms with Gasteiger partial charge in [-0.2, -0.15) is 0 Å². The number of carboxylic acid groups (broad SMARTS) is 1. The third kappa shape index (κ3) is 3.97.